The van der Waals surface area contributed by atoms with E-state index in [1.54, 1.807) is 24.3 Å². The Labute approximate surface area is 157 Å². The van der Waals surface area contributed by atoms with Crippen LogP contribution in [0.2, 0.25) is 0 Å². The lowest BCUT2D eigenvalue weighted by Gasteiger charge is -2.11. The molecule has 6 nitrogen and oxygen atoms in total. The number of ether oxygens (including phenoxy) is 1. The average molecular weight is 385 g/mol. The number of methoxy groups -OCH3 is 1. The Morgan fingerprint density at radius 1 is 1.00 bits per heavy atom. The van der Waals surface area contributed by atoms with Crippen molar-refractivity contribution in [2.75, 3.05) is 19.1 Å². The van der Waals surface area contributed by atoms with Crippen LogP contribution in [0.15, 0.2) is 58.6 Å². The number of fused-ring (bicyclic) bond motifs is 1. The Bertz CT molecular complexity index is 1130. The molecular weight excluding hydrogens is 371 g/mol. The van der Waals surface area contributed by atoms with Crippen LogP contribution >= 0.6 is 0 Å². The topological polar surface area (TPSA) is 71.8 Å². The van der Waals surface area contributed by atoms with Crippen molar-refractivity contribution < 1.29 is 17.9 Å². The van der Waals surface area contributed by atoms with Gasteiger partial charge in [-0.05, 0) is 29.8 Å². The zero-order valence-corrected chi connectivity index (χ0v) is 14.7. The fourth-order valence-corrected chi connectivity index (χ4v) is 2.77. The Hall–Kier alpha value is -3.49. The smallest absolute Gasteiger partial charge is 0.433 e. The van der Waals surface area contributed by atoms with Crippen LogP contribution in [0.4, 0.5) is 24.5 Å². The predicted octanol–water partition coefficient (Wildman–Crippen LogP) is 3.12. The van der Waals surface area contributed by atoms with Gasteiger partial charge >= 0.3 is 6.18 Å². The second-order valence-corrected chi connectivity index (χ2v) is 5.98. The molecule has 0 radical (unpaired) electrons. The van der Waals surface area contributed by atoms with E-state index in [1.165, 1.54) is 19.4 Å². The molecule has 3 aromatic rings. The monoisotopic (exact) mass is 385 g/mol. The molecule has 4 rings (SSSR count). The number of hydrogen-bond donors (Lipinski definition) is 1. The van der Waals surface area contributed by atoms with E-state index >= 15 is 0 Å². The van der Waals surface area contributed by atoms with Crippen molar-refractivity contribution >= 4 is 11.4 Å². The summed E-state index contributed by atoms with van der Waals surface area (Å²) in [6.07, 6.45) is -3.24. The fourth-order valence-electron chi connectivity index (χ4n) is 2.77. The predicted molar refractivity (Wildman–Crippen MR) is 95.9 cm³/mol. The quantitative estimate of drug-likeness (QED) is 0.749. The zero-order chi connectivity index (χ0) is 19.7. The molecule has 142 valence electrons. The number of pyridine rings is 2. The van der Waals surface area contributed by atoms with Gasteiger partial charge < -0.3 is 10.1 Å². The highest BCUT2D eigenvalue weighted by molar-refractivity contribution is 5.69. The van der Waals surface area contributed by atoms with Gasteiger partial charge in [-0.2, -0.15) is 18.2 Å². The van der Waals surface area contributed by atoms with Crippen LogP contribution in [-0.4, -0.2) is 23.7 Å². The molecule has 1 N–H and O–H groups in total. The molecule has 1 aliphatic heterocycles. The molecule has 3 heterocycles. The minimum absolute atomic E-state index is 0.352. The second kappa shape index (κ2) is 6.91. The van der Waals surface area contributed by atoms with Gasteiger partial charge in [0, 0.05) is 17.4 Å². The van der Waals surface area contributed by atoms with Crippen LogP contribution < -0.4 is 20.9 Å². The third-order valence-corrected chi connectivity index (χ3v) is 4.15. The summed E-state index contributed by atoms with van der Waals surface area (Å²) in [5.41, 5.74) is 2.39. The molecule has 2 aromatic heterocycles. The van der Waals surface area contributed by atoms with Crippen LogP contribution in [-0.2, 0) is 6.18 Å². The van der Waals surface area contributed by atoms with E-state index in [-0.39, 0.29) is 0 Å². The van der Waals surface area contributed by atoms with Gasteiger partial charge in [0.25, 0.3) is 0 Å². The molecule has 0 fully saturated rings. The van der Waals surface area contributed by atoms with Crippen LogP contribution in [0.3, 0.4) is 0 Å². The Morgan fingerprint density at radius 3 is 2.39 bits per heavy atom. The number of aromatic nitrogens is 2. The number of benzene rings is 1. The molecule has 0 aliphatic carbocycles. The number of rotatable bonds is 4. The highest BCUT2D eigenvalue weighted by Crippen LogP contribution is 2.30. The van der Waals surface area contributed by atoms with Gasteiger partial charge in [-0.25, -0.2) is 4.99 Å². The minimum Gasteiger partial charge on any atom is -0.479 e. The first-order valence-electron chi connectivity index (χ1n) is 8.29. The lowest BCUT2D eigenvalue weighted by atomic mass is 10.1. The average Bonchev–Trinajstić information content (AvgIpc) is 3.14. The third kappa shape index (κ3) is 3.51. The Kier molecular flexibility index (Phi) is 4.42. The summed E-state index contributed by atoms with van der Waals surface area (Å²) in [4.78, 5) is 16.2. The van der Waals surface area contributed by atoms with E-state index in [2.05, 4.69) is 25.3 Å². The number of nitrogens with zero attached hydrogens (tertiary/aromatic N) is 4. The van der Waals surface area contributed by atoms with Crippen molar-refractivity contribution in [1.82, 2.24) is 9.97 Å². The first-order chi connectivity index (χ1) is 13.4. The van der Waals surface area contributed by atoms with E-state index in [9.17, 15) is 13.2 Å². The van der Waals surface area contributed by atoms with Gasteiger partial charge in [-0.3, -0.25) is 9.98 Å². The highest BCUT2D eigenvalue weighted by Gasteiger charge is 2.32. The summed E-state index contributed by atoms with van der Waals surface area (Å²) in [6.45, 7) is 0.352. The van der Waals surface area contributed by atoms with E-state index in [0.717, 1.165) is 17.3 Å². The Morgan fingerprint density at radius 2 is 1.75 bits per heavy atom. The summed E-state index contributed by atoms with van der Waals surface area (Å²) < 4.78 is 43.2. The SMILES string of the molecule is COc1nc2c(cc1Nc1ccc(-c3ccc(C(F)(F)F)nc3)cc1)=NCN=2. The molecule has 1 aromatic carbocycles. The van der Waals surface area contributed by atoms with Crippen molar-refractivity contribution in [3.63, 3.8) is 0 Å². The van der Waals surface area contributed by atoms with Crippen molar-refractivity contribution in [2.45, 2.75) is 6.18 Å². The molecule has 0 saturated heterocycles. The number of anilines is 2. The maximum absolute atomic E-state index is 12.6. The van der Waals surface area contributed by atoms with Crippen LogP contribution in [0, 0.1) is 0 Å². The van der Waals surface area contributed by atoms with Gasteiger partial charge in [0.05, 0.1) is 7.11 Å². The normalized spacial score (nSPS) is 12.7. The summed E-state index contributed by atoms with van der Waals surface area (Å²) in [6, 6.07) is 11.4. The number of nitrogens with one attached hydrogen (secondary N) is 1. The second-order valence-electron chi connectivity index (χ2n) is 5.98. The van der Waals surface area contributed by atoms with E-state index in [1.807, 2.05) is 6.07 Å². The van der Waals surface area contributed by atoms with Gasteiger partial charge in [0.15, 0.2) is 5.49 Å². The van der Waals surface area contributed by atoms with Gasteiger partial charge in [-0.15, -0.1) is 0 Å². The van der Waals surface area contributed by atoms with Crippen molar-refractivity contribution in [1.29, 1.82) is 0 Å². The van der Waals surface area contributed by atoms with Crippen LogP contribution in [0.5, 0.6) is 5.88 Å². The van der Waals surface area contributed by atoms with Crippen LogP contribution in [0.1, 0.15) is 5.69 Å². The third-order valence-electron chi connectivity index (χ3n) is 4.15. The number of halogens is 3. The maximum Gasteiger partial charge on any atom is 0.433 e. The first-order valence-corrected chi connectivity index (χ1v) is 8.29. The van der Waals surface area contributed by atoms with E-state index in [0.29, 0.717) is 34.6 Å². The molecule has 0 saturated carbocycles. The van der Waals surface area contributed by atoms with Gasteiger partial charge in [0.1, 0.15) is 23.4 Å². The lowest BCUT2D eigenvalue weighted by Crippen LogP contribution is -2.26. The molecule has 0 bridgehead atoms. The van der Waals surface area contributed by atoms with Crippen LogP contribution in [0.25, 0.3) is 11.1 Å². The van der Waals surface area contributed by atoms with E-state index < -0.39 is 11.9 Å². The molecule has 28 heavy (non-hydrogen) atoms. The highest BCUT2D eigenvalue weighted by atomic mass is 19.4. The summed E-state index contributed by atoms with van der Waals surface area (Å²) >= 11 is 0. The molecule has 0 spiro atoms. The fraction of sp³-hybridized carbons (Fsp3) is 0.158. The standard InChI is InChI=1S/C19H14F3N5O/c1-28-18-15(8-14-17(27-18)25-10-24-14)26-13-5-2-11(3-6-13)12-4-7-16(23-9-12)19(20,21)22/h2-9,26H,10H2,1H3. The van der Waals surface area contributed by atoms with Crippen molar-refractivity contribution in [3.05, 3.63) is 65.2 Å². The molecule has 9 heteroatoms. The van der Waals surface area contributed by atoms with Crippen molar-refractivity contribution in [3.8, 4) is 17.0 Å². The molecule has 0 unspecified atom stereocenters. The molecular formula is C19H14F3N5O. The minimum atomic E-state index is -4.45. The molecule has 0 amide bonds. The Balaban J connectivity index is 1.57. The summed E-state index contributed by atoms with van der Waals surface area (Å²) in [7, 11) is 1.52. The maximum atomic E-state index is 12.6. The zero-order valence-electron chi connectivity index (χ0n) is 14.7. The molecule has 1 aliphatic rings. The largest absolute Gasteiger partial charge is 0.479 e. The number of hydrogen-bond acceptors (Lipinski definition) is 6. The van der Waals surface area contributed by atoms with Gasteiger partial charge in [-0.1, -0.05) is 18.2 Å². The summed E-state index contributed by atoms with van der Waals surface area (Å²) in [5, 5.41) is 3.90. The molecule has 0 atom stereocenters. The van der Waals surface area contributed by atoms with Crippen molar-refractivity contribution in [2.24, 2.45) is 9.98 Å². The van der Waals surface area contributed by atoms with E-state index in [4.69, 9.17) is 4.74 Å². The summed E-state index contributed by atoms with van der Waals surface area (Å²) in [5.74, 6) is 0.399. The number of alkyl halides is 3. The lowest BCUT2D eigenvalue weighted by molar-refractivity contribution is -0.141. The van der Waals surface area contributed by atoms with Gasteiger partial charge in [0.2, 0.25) is 5.88 Å². The first kappa shape index (κ1) is 17.9.